The molecule has 0 spiro atoms. The van der Waals surface area contributed by atoms with Crippen molar-refractivity contribution in [1.82, 2.24) is 4.98 Å². The molecular weight excluding hydrogens is 244 g/mol. The molecule has 3 aromatic rings. The smallest absolute Gasteiger partial charge is 0.0702 e. The van der Waals surface area contributed by atoms with Crippen LogP contribution in [0.1, 0.15) is 12.0 Å². The lowest BCUT2D eigenvalue weighted by molar-refractivity contribution is 0.830. The molecule has 0 atom stereocenters. The Morgan fingerprint density at radius 3 is 2.85 bits per heavy atom. The van der Waals surface area contributed by atoms with Crippen molar-refractivity contribution in [2.75, 3.05) is 11.9 Å². The molecule has 20 heavy (non-hydrogen) atoms. The van der Waals surface area contributed by atoms with Gasteiger partial charge in [-0.3, -0.25) is 4.98 Å². The molecule has 1 aliphatic rings. The van der Waals surface area contributed by atoms with E-state index < -0.39 is 0 Å². The van der Waals surface area contributed by atoms with Crippen LogP contribution in [0.25, 0.3) is 22.0 Å². The van der Waals surface area contributed by atoms with Gasteiger partial charge in [-0.25, -0.2) is 0 Å². The number of hydrogen-bond acceptors (Lipinski definition) is 2. The lowest BCUT2D eigenvalue weighted by Crippen LogP contribution is -2.11. The molecule has 0 fully saturated rings. The summed E-state index contributed by atoms with van der Waals surface area (Å²) in [5.41, 5.74) is 6.33. The largest absolute Gasteiger partial charge is 0.385 e. The van der Waals surface area contributed by atoms with Gasteiger partial charge < -0.3 is 5.32 Å². The SMILES string of the molecule is c1cnc2ccc(-c3ccc4c(c3)CCCN4)cc2c1. The van der Waals surface area contributed by atoms with E-state index in [4.69, 9.17) is 0 Å². The first-order chi connectivity index (χ1) is 9.90. The average molecular weight is 260 g/mol. The van der Waals surface area contributed by atoms with Gasteiger partial charge >= 0.3 is 0 Å². The van der Waals surface area contributed by atoms with Gasteiger partial charge in [0.2, 0.25) is 0 Å². The highest BCUT2D eigenvalue weighted by atomic mass is 14.9. The Hall–Kier alpha value is -2.35. The molecule has 2 heteroatoms. The second-order valence-corrected chi connectivity index (χ2v) is 5.31. The van der Waals surface area contributed by atoms with Gasteiger partial charge in [0.25, 0.3) is 0 Å². The molecule has 2 nitrogen and oxygen atoms in total. The number of aromatic nitrogens is 1. The number of nitrogens with zero attached hydrogens (tertiary/aromatic N) is 1. The fourth-order valence-electron chi connectivity index (χ4n) is 2.91. The summed E-state index contributed by atoms with van der Waals surface area (Å²) in [4.78, 5) is 4.38. The predicted molar refractivity (Wildman–Crippen MR) is 84.0 cm³/mol. The topological polar surface area (TPSA) is 24.9 Å². The van der Waals surface area contributed by atoms with Crippen LogP contribution in [0.5, 0.6) is 0 Å². The third-order valence-corrected chi connectivity index (χ3v) is 3.98. The van der Waals surface area contributed by atoms with Crippen molar-refractivity contribution in [1.29, 1.82) is 0 Å². The molecule has 2 heterocycles. The number of nitrogens with one attached hydrogen (secondary N) is 1. The predicted octanol–water partition coefficient (Wildman–Crippen LogP) is 4.26. The van der Waals surface area contributed by atoms with Crippen LogP contribution in [0.2, 0.25) is 0 Å². The second-order valence-electron chi connectivity index (χ2n) is 5.31. The van der Waals surface area contributed by atoms with E-state index in [1.165, 1.54) is 40.6 Å². The molecule has 1 aromatic heterocycles. The highest BCUT2D eigenvalue weighted by molar-refractivity contribution is 5.84. The highest BCUT2D eigenvalue weighted by Gasteiger charge is 2.09. The van der Waals surface area contributed by atoms with E-state index in [9.17, 15) is 0 Å². The van der Waals surface area contributed by atoms with Gasteiger partial charge in [-0.1, -0.05) is 18.2 Å². The number of hydrogen-bond donors (Lipinski definition) is 1. The molecule has 0 unspecified atom stereocenters. The normalized spacial score (nSPS) is 13.8. The minimum absolute atomic E-state index is 1.05. The van der Waals surface area contributed by atoms with Crippen molar-refractivity contribution in [2.24, 2.45) is 0 Å². The third-order valence-electron chi connectivity index (χ3n) is 3.98. The number of rotatable bonds is 1. The van der Waals surface area contributed by atoms with Crippen LogP contribution in [-0.4, -0.2) is 11.5 Å². The maximum atomic E-state index is 4.38. The summed E-state index contributed by atoms with van der Waals surface area (Å²) in [6.07, 6.45) is 4.23. The zero-order valence-electron chi connectivity index (χ0n) is 11.3. The van der Waals surface area contributed by atoms with E-state index in [1.807, 2.05) is 12.3 Å². The Morgan fingerprint density at radius 1 is 0.950 bits per heavy atom. The van der Waals surface area contributed by atoms with Gasteiger partial charge in [0.1, 0.15) is 0 Å². The first-order valence-corrected chi connectivity index (χ1v) is 7.12. The Morgan fingerprint density at radius 2 is 1.85 bits per heavy atom. The summed E-state index contributed by atoms with van der Waals surface area (Å²) in [7, 11) is 0. The molecule has 1 aliphatic heterocycles. The maximum Gasteiger partial charge on any atom is 0.0702 e. The van der Waals surface area contributed by atoms with Gasteiger partial charge in [-0.05, 0) is 59.9 Å². The van der Waals surface area contributed by atoms with Crippen molar-refractivity contribution >= 4 is 16.6 Å². The lowest BCUT2D eigenvalue weighted by Gasteiger charge is -2.18. The molecule has 0 bridgehead atoms. The van der Waals surface area contributed by atoms with Gasteiger partial charge in [0.15, 0.2) is 0 Å². The fourth-order valence-corrected chi connectivity index (χ4v) is 2.91. The Balaban J connectivity index is 1.82. The molecule has 2 aromatic carbocycles. The van der Waals surface area contributed by atoms with Crippen LogP contribution in [0.15, 0.2) is 54.7 Å². The van der Waals surface area contributed by atoms with Crippen molar-refractivity contribution in [3.05, 3.63) is 60.3 Å². The monoisotopic (exact) mass is 260 g/mol. The number of anilines is 1. The van der Waals surface area contributed by atoms with Crippen LogP contribution >= 0.6 is 0 Å². The van der Waals surface area contributed by atoms with Gasteiger partial charge in [-0.15, -0.1) is 0 Å². The summed E-state index contributed by atoms with van der Waals surface area (Å²) >= 11 is 0. The molecule has 1 N–H and O–H groups in total. The fraction of sp³-hybridized carbons (Fsp3) is 0.167. The number of aryl methyl sites for hydroxylation is 1. The Labute approximate surface area is 118 Å². The first kappa shape index (κ1) is 11.5. The minimum atomic E-state index is 1.05. The van der Waals surface area contributed by atoms with Crippen molar-refractivity contribution < 1.29 is 0 Å². The van der Waals surface area contributed by atoms with E-state index in [1.54, 1.807) is 0 Å². The van der Waals surface area contributed by atoms with Crippen LogP contribution in [0.3, 0.4) is 0 Å². The van der Waals surface area contributed by atoms with Crippen LogP contribution < -0.4 is 5.32 Å². The molecule has 98 valence electrons. The van der Waals surface area contributed by atoms with Gasteiger partial charge in [0.05, 0.1) is 5.52 Å². The van der Waals surface area contributed by atoms with Gasteiger partial charge in [0, 0.05) is 23.8 Å². The highest BCUT2D eigenvalue weighted by Crippen LogP contribution is 2.29. The molecule has 0 saturated heterocycles. The maximum absolute atomic E-state index is 4.38. The summed E-state index contributed by atoms with van der Waals surface area (Å²) in [5, 5.41) is 4.66. The van der Waals surface area contributed by atoms with Crippen molar-refractivity contribution in [3.63, 3.8) is 0 Å². The van der Waals surface area contributed by atoms with Crippen molar-refractivity contribution in [2.45, 2.75) is 12.8 Å². The summed E-state index contributed by atoms with van der Waals surface area (Å²) in [6.45, 7) is 1.09. The zero-order valence-corrected chi connectivity index (χ0v) is 11.3. The molecular formula is C18H16N2. The summed E-state index contributed by atoms with van der Waals surface area (Å²) in [5.74, 6) is 0. The van der Waals surface area contributed by atoms with Crippen LogP contribution in [0, 0.1) is 0 Å². The summed E-state index contributed by atoms with van der Waals surface area (Å²) in [6, 6.07) is 17.3. The Kier molecular flexibility index (Phi) is 2.66. The number of fused-ring (bicyclic) bond motifs is 2. The Bertz CT molecular complexity index is 777. The lowest BCUT2D eigenvalue weighted by atomic mass is 9.96. The number of benzene rings is 2. The second kappa shape index (κ2) is 4.64. The minimum Gasteiger partial charge on any atom is -0.385 e. The zero-order chi connectivity index (χ0) is 13.4. The van der Waals surface area contributed by atoms with Crippen molar-refractivity contribution in [3.8, 4) is 11.1 Å². The van der Waals surface area contributed by atoms with Crippen LogP contribution in [0.4, 0.5) is 5.69 Å². The first-order valence-electron chi connectivity index (χ1n) is 7.12. The van der Waals surface area contributed by atoms with Crippen LogP contribution in [-0.2, 0) is 6.42 Å². The standard InChI is InChI=1S/C18H16N2/c1-3-15-11-13(5-7-17(15)19-9-1)14-6-8-18-16(12-14)4-2-10-20-18/h1,3,5-9,11-12,20H,2,4,10H2. The van der Waals surface area contributed by atoms with Gasteiger partial charge in [-0.2, -0.15) is 0 Å². The quantitative estimate of drug-likeness (QED) is 0.707. The average Bonchev–Trinajstić information content (AvgIpc) is 2.54. The number of pyridine rings is 1. The van der Waals surface area contributed by atoms with E-state index in [-0.39, 0.29) is 0 Å². The molecule has 0 aliphatic carbocycles. The van der Waals surface area contributed by atoms with E-state index >= 15 is 0 Å². The van der Waals surface area contributed by atoms with E-state index in [0.717, 1.165) is 12.1 Å². The van der Waals surface area contributed by atoms with E-state index in [2.05, 4.69) is 52.8 Å². The molecule has 0 amide bonds. The summed E-state index contributed by atoms with van der Waals surface area (Å²) < 4.78 is 0. The molecule has 0 saturated carbocycles. The molecule has 0 radical (unpaired) electrons. The molecule has 4 rings (SSSR count). The van der Waals surface area contributed by atoms with E-state index in [0.29, 0.717) is 0 Å². The third kappa shape index (κ3) is 1.94.